The maximum absolute atomic E-state index is 12.9. The van der Waals surface area contributed by atoms with E-state index in [0.717, 1.165) is 0 Å². The van der Waals surface area contributed by atoms with E-state index in [9.17, 15) is 4.39 Å². The molecule has 1 heterocycles. The van der Waals surface area contributed by atoms with Gasteiger partial charge in [-0.2, -0.15) is 5.26 Å². The maximum atomic E-state index is 12.9. The van der Waals surface area contributed by atoms with Crippen LogP contribution < -0.4 is 5.73 Å². The fourth-order valence-corrected chi connectivity index (χ4v) is 1.24. The van der Waals surface area contributed by atoms with Crippen molar-refractivity contribution in [3.05, 3.63) is 35.6 Å². The van der Waals surface area contributed by atoms with E-state index in [1.807, 2.05) is 6.07 Å². The van der Waals surface area contributed by atoms with Crippen LogP contribution in [0.3, 0.4) is 0 Å². The summed E-state index contributed by atoms with van der Waals surface area (Å²) in [4.78, 5) is 0. The summed E-state index contributed by atoms with van der Waals surface area (Å²) in [5, 5.41) is 12.4. The molecule has 0 fully saturated rings. The first-order valence-electron chi connectivity index (χ1n) is 4.13. The Kier molecular flexibility index (Phi) is 2.10. The topological polar surface area (TPSA) is 75.8 Å². The van der Waals surface area contributed by atoms with Gasteiger partial charge in [-0.05, 0) is 12.1 Å². The fraction of sp³-hybridized carbons (Fsp3) is 0. The number of halogens is 1. The van der Waals surface area contributed by atoms with Crippen molar-refractivity contribution in [1.29, 1.82) is 5.26 Å². The zero-order valence-corrected chi connectivity index (χ0v) is 7.57. The minimum atomic E-state index is -0.405. The van der Waals surface area contributed by atoms with E-state index in [4.69, 9.17) is 11.0 Å². The average molecular weight is 203 g/mol. The van der Waals surface area contributed by atoms with Crippen LogP contribution in [0.4, 0.5) is 10.3 Å². The third-order valence-corrected chi connectivity index (χ3v) is 1.93. The van der Waals surface area contributed by atoms with Gasteiger partial charge in [0, 0.05) is 5.56 Å². The van der Waals surface area contributed by atoms with Gasteiger partial charge in [0.1, 0.15) is 23.1 Å². The van der Waals surface area contributed by atoms with Crippen molar-refractivity contribution in [2.24, 2.45) is 0 Å². The molecule has 2 N–H and O–H groups in total. The first kappa shape index (κ1) is 9.21. The Hall–Kier alpha value is -2.35. The minimum absolute atomic E-state index is 0.0586. The fourth-order valence-electron chi connectivity index (χ4n) is 1.24. The second-order valence-electron chi connectivity index (χ2n) is 2.89. The quantitative estimate of drug-likeness (QED) is 0.768. The van der Waals surface area contributed by atoms with Gasteiger partial charge in [-0.1, -0.05) is 17.3 Å². The molecule has 0 bridgehead atoms. The van der Waals surface area contributed by atoms with Crippen LogP contribution in [-0.2, 0) is 0 Å². The summed E-state index contributed by atoms with van der Waals surface area (Å²) in [7, 11) is 0. The van der Waals surface area contributed by atoms with E-state index in [1.165, 1.54) is 18.2 Å². The summed E-state index contributed by atoms with van der Waals surface area (Å²) in [6.07, 6.45) is 0. The van der Waals surface area contributed by atoms with E-state index in [0.29, 0.717) is 5.56 Å². The highest BCUT2D eigenvalue weighted by Crippen LogP contribution is 2.26. The molecule has 2 aromatic rings. The molecule has 0 atom stereocenters. The number of rotatable bonds is 1. The zero-order valence-electron chi connectivity index (χ0n) is 7.57. The highest BCUT2D eigenvalue weighted by atomic mass is 19.1. The van der Waals surface area contributed by atoms with Gasteiger partial charge in [0.15, 0.2) is 0 Å². The summed E-state index contributed by atoms with van der Waals surface area (Å²) in [6.45, 7) is 0. The summed E-state index contributed by atoms with van der Waals surface area (Å²) in [5.41, 5.74) is 6.23. The molecule has 1 aromatic carbocycles. The maximum Gasteiger partial charge on any atom is 0.240 e. The van der Waals surface area contributed by atoms with Gasteiger partial charge in [0.05, 0.1) is 0 Å². The molecule has 1 aromatic heterocycles. The molecule has 2 rings (SSSR count). The van der Waals surface area contributed by atoms with Gasteiger partial charge >= 0.3 is 0 Å². The number of benzene rings is 1. The number of aromatic nitrogens is 1. The first-order chi connectivity index (χ1) is 7.22. The standard InChI is InChI=1S/C10H6FN3O/c11-7-3-1-2-6(4-7)9-8(5-12)10(13)15-14-9/h1-4H,13H2. The molecule has 0 saturated carbocycles. The lowest BCUT2D eigenvalue weighted by atomic mass is 10.1. The number of nitrogens with zero attached hydrogens (tertiary/aromatic N) is 2. The Balaban J connectivity index is 2.60. The van der Waals surface area contributed by atoms with E-state index < -0.39 is 5.82 Å². The predicted octanol–water partition coefficient (Wildman–Crippen LogP) is 1.93. The number of anilines is 1. The monoisotopic (exact) mass is 203 g/mol. The second-order valence-corrected chi connectivity index (χ2v) is 2.89. The third-order valence-electron chi connectivity index (χ3n) is 1.93. The Labute approximate surface area is 84.7 Å². The van der Waals surface area contributed by atoms with Crippen molar-refractivity contribution in [3.63, 3.8) is 0 Å². The largest absolute Gasteiger partial charge is 0.366 e. The van der Waals surface area contributed by atoms with Crippen LogP contribution in [0.5, 0.6) is 0 Å². The van der Waals surface area contributed by atoms with E-state index in [2.05, 4.69) is 9.68 Å². The average Bonchev–Trinajstić information content (AvgIpc) is 2.59. The second kappa shape index (κ2) is 3.42. The van der Waals surface area contributed by atoms with Gasteiger partial charge in [-0.15, -0.1) is 0 Å². The summed E-state index contributed by atoms with van der Waals surface area (Å²) in [5.74, 6) is -0.463. The summed E-state index contributed by atoms with van der Waals surface area (Å²) in [6, 6.07) is 7.58. The lowest BCUT2D eigenvalue weighted by molar-refractivity contribution is 0.439. The molecule has 0 spiro atoms. The molecule has 0 aliphatic heterocycles. The van der Waals surface area contributed by atoms with Crippen LogP contribution in [0.15, 0.2) is 28.8 Å². The molecule has 0 radical (unpaired) electrons. The molecular weight excluding hydrogens is 197 g/mol. The van der Waals surface area contributed by atoms with Crippen LogP contribution >= 0.6 is 0 Å². The summed E-state index contributed by atoms with van der Waals surface area (Å²) < 4.78 is 17.6. The van der Waals surface area contributed by atoms with Crippen molar-refractivity contribution < 1.29 is 8.91 Å². The SMILES string of the molecule is N#Cc1c(-c2cccc(F)c2)noc1N. The lowest BCUT2D eigenvalue weighted by Crippen LogP contribution is -1.87. The van der Waals surface area contributed by atoms with Gasteiger partial charge < -0.3 is 10.3 Å². The Bertz CT molecular complexity index is 542. The van der Waals surface area contributed by atoms with Crippen molar-refractivity contribution in [3.8, 4) is 17.3 Å². The van der Waals surface area contributed by atoms with Crippen LogP contribution in [0.25, 0.3) is 11.3 Å². The van der Waals surface area contributed by atoms with Gasteiger partial charge in [0.25, 0.3) is 0 Å². The molecular formula is C10H6FN3O. The number of nitriles is 1. The molecule has 15 heavy (non-hydrogen) atoms. The third kappa shape index (κ3) is 1.53. The number of nitrogen functional groups attached to an aromatic ring is 1. The van der Waals surface area contributed by atoms with Gasteiger partial charge in [-0.3, -0.25) is 0 Å². The Morgan fingerprint density at radius 1 is 1.47 bits per heavy atom. The summed E-state index contributed by atoms with van der Waals surface area (Å²) >= 11 is 0. The first-order valence-corrected chi connectivity index (χ1v) is 4.13. The van der Waals surface area contributed by atoms with Crippen LogP contribution in [0, 0.1) is 17.1 Å². The van der Waals surface area contributed by atoms with E-state index in [1.54, 1.807) is 6.07 Å². The highest BCUT2D eigenvalue weighted by Gasteiger charge is 2.15. The molecule has 0 amide bonds. The van der Waals surface area contributed by atoms with Gasteiger partial charge in [0.2, 0.25) is 5.88 Å². The predicted molar refractivity (Wildman–Crippen MR) is 51.0 cm³/mol. The molecule has 0 aliphatic carbocycles. The number of hydrogen-bond acceptors (Lipinski definition) is 4. The highest BCUT2D eigenvalue weighted by molar-refractivity contribution is 5.70. The van der Waals surface area contributed by atoms with Crippen LogP contribution in [-0.4, -0.2) is 5.16 Å². The van der Waals surface area contributed by atoms with Gasteiger partial charge in [-0.25, -0.2) is 4.39 Å². The van der Waals surface area contributed by atoms with Crippen LogP contribution in [0.1, 0.15) is 5.56 Å². The zero-order chi connectivity index (χ0) is 10.8. The molecule has 0 saturated heterocycles. The molecule has 0 unspecified atom stereocenters. The number of nitrogens with two attached hydrogens (primary N) is 1. The van der Waals surface area contributed by atoms with Crippen LogP contribution in [0.2, 0.25) is 0 Å². The number of hydrogen-bond donors (Lipinski definition) is 1. The lowest BCUT2D eigenvalue weighted by Gasteiger charge is -1.95. The van der Waals surface area contributed by atoms with Crippen molar-refractivity contribution in [2.75, 3.05) is 5.73 Å². The molecule has 4 nitrogen and oxygen atoms in total. The van der Waals surface area contributed by atoms with Crippen molar-refractivity contribution in [1.82, 2.24) is 5.16 Å². The van der Waals surface area contributed by atoms with E-state index in [-0.39, 0.29) is 17.1 Å². The molecule has 0 aliphatic rings. The Morgan fingerprint density at radius 3 is 2.93 bits per heavy atom. The normalized spacial score (nSPS) is 9.87. The minimum Gasteiger partial charge on any atom is -0.366 e. The smallest absolute Gasteiger partial charge is 0.240 e. The van der Waals surface area contributed by atoms with Crippen molar-refractivity contribution >= 4 is 5.88 Å². The van der Waals surface area contributed by atoms with E-state index >= 15 is 0 Å². The Morgan fingerprint density at radius 2 is 2.27 bits per heavy atom. The molecule has 5 heteroatoms. The molecule has 74 valence electrons. The van der Waals surface area contributed by atoms with Crippen molar-refractivity contribution in [2.45, 2.75) is 0 Å².